The molecule has 1 aromatic carbocycles. The quantitative estimate of drug-likeness (QED) is 0.905. The van der Waals surface area contributed by atoms with E-state index in [9.17, 15) is 0 Å². The fourth-order valence-corrected chi connectivity index (χ4v) is 3.46. The lowest BCUT2D eigenvalue weighted by Crippen LogP contribution is -2.49. The second-order valence-corrected chi connectivity index (χ2v) is 6.54. The van der Waals surface area contributed by atoms with Crippen LogP contribution in [-0.2, 0) is 4.74 Å². The van der Waals surface area contributed by atoms with E-state index in [1.165, 1.54) is 5.56 Å². The summed E-state index contributed by atoms with van der Waals surface area (Å²) in [5.41, 5.74) is 7.64. The molecule has 0 radical (unpaired) electrons. The molecule has 0 saturated carbocycles. The molecule has 1 fully saturated rings. The Morgan fingerprint density at radius 1 is 1.48 bits per heavy atom. The lowest BCUT2D eigenvalue weighted by Gasteiger charge is -2.42. The monoisotopic (exact) mass is 310 g/mol. The van der Waals surface area contributed by atoms with E-state index in [-0.39, 0.29) is 18.2 Å². The third-order valence-corrected chi connectivity index (χ3v) is 4.92. The van der Waals surface area contributed by atoms with Gasteiger partial charge in [0.25, 0.3) is 0 Å². The zero-order chi connectivity index (χ0) is 15.4. The first kappa shape index (κ1) is 16.8. The molecule has 3 nitrogen and oxygen atoms in total. The Balaban J connectivity index is 2.24. The Hall–Kier alpha value is -0.610. The van der Waals surface area contributed by atoms with Crippen LogP contribution in [0, 0.1) is 5.92 Å². The van der Waals surface area contributed by atoms with Crippen molar-refractivity contribution in [2.75, 3.05) is 20.2 Å². The third kappa shape index (κ3) is 3.98. The minimum absolute atomic E-state index is 0.106. The molecule has 0 aromatic heterocycles. The number of nitrogens with zero attached hydrogens (tertiary/aromatic N) is 1. The molecular formula is C17H27ClN2O. The molecule has 21 heavy (non-hydrogen) atoms. The Labute approximate surface area is 133 Å². The van der Waals surface area contributed by atoms with Crippen molar-refractivity contribution in [1.82, 2.24) is 4.90 Å². The van der Waals surface area contributed by atoms with Crippen molar-refractivity contribution in [3.8, 4) is 0 Å². The summed E-state index contributed by atoms with van der Waals surface area (Å²) >= 11 is 6.17. The van der Waals surface area contributed by atoms with Gasteiger partial charge in [0.05, 0.1) is 12.1 Å². The first-order chi connectivity index (χ1) is 10.1. The maximum absolute atomic E-state index is 6.43. The average molecular weight is 311 g/mol. The number of halogens is 1. The number of ether oxygens (including phenoxy) is 1. The minimum Gasteiger partial charge on any atom is -0.380 e. The van der Waals surface area contributed by atoms with Gasteiger partial charge in [-0.05, 0) is 43.0 Å². The molecule has 0 amide bonds. The van der Waals surface area contributed by atoms with Crippen LogP contribution in [0.25, 0.3) is 0 Å². The van der Waals surface area contributed by atoms with Crippen LogP contribution < -0.4 is 5.73 Å². The Morgan fingerprint density at radius 3 is 2.86 bits per heavy atom. The summed E-state index contributed by atoms with van der Waals surface area (Å²) in [6.07, 6.45) is 2.37. The smallest absolute Gasteiger partial charge is 0.0724 e. The molecule has 1 saturated heterocycles. The topological polar surface area (TPSA) is 38.5 Å². The molecule has 118 valence electrons. The number of likely N-dealkylation sites (tertiary alicyclic amines) is 1. The summed E-state index contributed by atoms with van der Waals surface area (Å²) in [4.78, 5) is 2.47. The van der Waals surface area contributed by atoms with Gasteiger partial charge in [0.1, 0.15) is 0 Å². The summed E-state index contributed by atoms with van der Waals surface area (Å²) in [6, 6.07) is 8.41. The number of methoxy groups -OCH3 is 1. The van der Waals surface area contributed by atoms with Crippen molar-refractivity contribution in [2.24, 2.45) is 11.7 Å². The first-order valence-electron chi connectivity index (χ1n) is 7.84. The Morgan fingerprint density at radius 2 is 2.24 bits per heavy atom. The predicted molar refractivity (Wildman–Crippen MR) is 88.6 cm³/mol. The van der Waals surface area contributed by atoms with Crippen LogP contribution in [-0.4, -0.2) is 37.2 Å². The molecule has 1 aliphatic heterocycles. The molecule has 2 rings (SSSR count). The van der Waals surface area contributed by atoms with Crippen molar-refractivity contribution >= 4 is 11.6 Å². The van der Waals surface area contributed by atoms with Crippen LogP contribution in [0.4, 0.5) is 0 Å². The summed E-state index contributed by atoms with van der Waals surface area (Å²) in [6.45, 7) is 6.40. The second kappa shape index (κ2) is 7.59. The van der Waals surface area contributed by atoms with E-state index in [0.717, 1.165) is 31.0 Å². The zero-order valence-electron chi connectivity index (χ0n) is 13.3. The molecule has 4 heteroatoms. The third-order valence-electron chi connectivity index (χ3n) is 4.68. The van der Waals surface area contributed by atoms with Gasteiger partial charge in [0.2, 0.25) is 0 Å². The number of hydrogen-bond acceptors (Lipinski definition) is 3. The highest BCUT2D eigenvalue weighted by Gasteiger charge is 2.33. The van der Waals surface area contributed by atoms with E-state index in [1.54, 1.807) is 7.11 Å². The summed E-state index contributed by atoms with van der Waals surface area (Å²) < 4.78 is 5.65. The highest BCUT2D eigenvalue weighted by atomic mass is 35.5. The van der Waals surface area contributed by atoms with Crippen LogP contribution in [0.5, 0.6) is 0 Å². The summed E-state index contributed by atoms with van der Waals surface area (Å²) in [5.74, 6) is 0.601. The molecule has 2 N–H and O–H groups in total. The molecule has 0 bridgehead atoms. The van der Waals surface area contributed by atoms with E-state index in [0.29, 0.717) is 5.92 Å². The van der Waals surface area contributed by atoms with Crippen molar-refractivity contribution < 1.29 is 4.74 Å². The maximum Gasteiger partial charge on any atom is 0.0724 e. The van der Waals surface area contributed by atoms with Crippen LogP contribution >= 0.6 is 11.6 Å². The van der Waals surface area contributed by atoms with Gasteiger partial charge in [-0.1, -0.05) is 37.6 Å². The Kier molecular flexibility index (Phi) is 6.06. The van der Waals surface area contributed by atoms with Gasteiger partial charge < -0.3 is 10.5 Å². The number of rotatable bonds is 5. The normalized spacial score (nSPS) is 26.5. The SMILES string of the molecule is CCC(N)C(c1cccc(Cl)c1)N1CCC(C)C(OC)C1. The van der Waals surface area contributed by atoms with Gasteiger partial charge in [-0.15, -0.1) is 0 Å². The average Bonchev–Trinajstić information content (AvgIpc) is 2.49. The van der Waals surface area contributed by atoms with Gasteiger partial charge in [-0.3, -0.25) is 4.90 Å². The van der Waals surface area contributed by atoms with Crippen LogP contribution in [0.15, 0.2) is 24.3 Å². The molecule has 1 heterocycles. The van der Waals surface area contributed by atoms with E-state index < -0.39 is 0 Å². The largest absolute Gasteiger partial charge is 0.380 e. The maximum atomic E-state index is 6.43. The molecule has 0 aliphatic carbocycles. The summed E-state index contributed by atoms with van der Waals surface area (Å²) in [7, 11) is 1.80. The van der Waals surface area contributed by atoms with Gasteiger partial charge in [0.15, 0.2) is 0 Å². The number of nitrogens with two attached hydrogens (primary N) is 1. The highest BCUT2D eigenvalue weighted by molar-refractivity contribution is 6.30. The zero-order valence-corrected chi connectivity index (χ0v) is 14.0. The number of benzene rings is 1. The fourth-order valence-electron chi connectivity index (χ4n) is 3.26. The minimum atomic E-state index is 0.106. The Bertz CT molecular complexity index is 454. The predicted octanol–water partition coefficient (Wildman–Crippen LogP) is 3.48. The van der Waals surface area contributed by atoms with E-state index in [1.807, 2.05) is 18.2 Å². The second-order valence-electron chi connectivity index (χ2n) is 6.11. The van der Waals surface area contributed by atoms with Gasteiger partial charge in [0, 0.05) is 24.7 Å². The fraction of sp³-hybridized carbons (Fsp3) is 0.647. The molecule has 4 atom stereocenters. The van der Waals surface area contributed by atoms with Crippen LogP contribution in [0.2, 0.25) is 5.02 Å². The van der Waals surface area contributed by atoms with Crippen LogP contribution in [0.1, 0.15) is 38.3 Å². The molecule has 1 aromatic rings. The molecule has 1 aliphatic rings. The van der Waals surface area contributed by atoms with Crippen LogP contribution in [0.3, 0.4) is 0 Å². The number of piperidine rings is 1. The highest BCUT2D eigenvalue weighted by Crippen LogP contribution is 2.31. The molecule has 0 spiro atoms. The van der Waals surface area contributed by atoms with Gasteiger partial charge in [-0.25, -0.2) is 0 Å². The first-order valence-corrected chi connectivity index (χ1v) is 8.22. The van der Waals surface area contributed by atoms with Crippen molar-refractivity contribution in [2.45, 2.75) is 44.9 Å². The lowest BCUT2D eigenvalue weighted by molar-refractivity contribution is -0.0234. The molecular weight excluding hydrogens is 284 g/mol. The summed E-state index contributed by atoms with van der Waals surface area (Å²) in [5, 5.41) is 0.773. The van der Waals surface area contributed by atoms with Crippen molar-refractivity contribution in [3.05, 3.63) is 34.9 Å². The van der Waals surface area contributed by atoms with E-state index >= 15 is 0 Å². The van der Waals surface area contributed by atoms with Crippen molar-refractivity contribution in [3.63, 3.8) is 0 Å². The van der Waals surface area contributed by atoms with Crippen molar-refractivity contribution in [1.29, 1.82) is 0 Å². The van der Waals surface area contributed by atoms with E-state index in [2.05, 4.69) is 24.8 Å². The number of hydrogen-bond donors (Lipinski definition) is 1. The van der Waals surface area contributed by atoms with Gasteiger partial charge in [-0.2, -0.15) is 0 Å². The molecule has 4 unspecified atom stereocenters. The lowest BCUT2D eigenvalue weighted by atomic mass is 9.90. The van der Waals surface area contributed by atoms with Gasteiger partial charge >= 0.3 is 0 Å². The van der Waals surface area contributed by atoms with E-state index in [4.69, 9.17) is 22.1 Å². The standard InChI is InChI=1S/C17H27ClN2O/c1-4-15(19)17(13-6-5-7-14(18)10-13)20-9-8-12(2)16(11-20)21-3/h5-7,10,12,15-17H,4,8-9,11,19H2,1-3H3.